The molecular weight excluding hydrogens is 324 g/mol. The minimum atomic E-state index is -0.381. The summed E-state index contributed by atoms with van der Waals surface area (Å²) in [5.74, 6) is 0.688. The Hall–Kier alpha value is -3.55. The molecule has 1 aliphatic heterocycles. The summed E-state index contributed by atoms with van der Waals surface area (Å²) in [4.78, 5) is 31.3. The van der Waals surface area contributed by atoms with Gasteiger partial charge in [0.2, 0.25) is 18.6 Å². The SMILES string of the molecule is O=C(CNC(=O)c1ccc2c(c1)OCO2)Nc1nc2ccccc2[nH]1. The zero-order valence-corrected chi connectivity index (χ0v) is 13.0. The van der Waals surface area contributed by atoms with Crippen molar-refractivity contribution in [2.24, 2.45) is 0 Å². The van der Waals surface area contributed by atoms with Gasteiger partial charge in [-0.1, -0.05) is 12.1 Å². The lowest BCUT2D eigenvalue weighted by Crippen LogP contribution is -2.33. The van der Waals surface area contributed by atoms with E-state index in [4.69, 9.17) is 9.47 Å². The Balaban J connectivity index is 1.35. The monoisotopic (exact) mass is 338 g/mol. The highest BCUT2D eigenvalue weighted by Crippen LogP contribution is 2.32. The normalized spacial score (nSPS) is 12.2. The molecule has 0 saturated heterocycles. The van der Waals surface area contributed by atoms with Crippen molar-refractivity contribution in [2.45, 2.75) is 0 Å². The summed E-state index contributed by atoms with van der Waals surface area (Å²) < 4.78 is 10.4. The van der Waals surface area contributed by atoms with Crippen LogP contribution >= 0.6 is 0 Å². The maximum atomic E-state index is 12.1. The first-order valence-electron chi connectivity index (χ1n) is 7.61. The second-order valence-corrected chi connectivity index (χ2v) is 5.40. The Labute approximate surface area is 142 Å². The number of aromatic nitrogens is 2. The van der Waals surface area contributed by atoms with Gasteiger partial charge in [0.1, 0.15) is 0 Å². The van der Waals surface area contributed by atoms with Crippen LogP contribution in [0.2, 0.25) is 0 Å². The van der Waals surface area contributed by atoms with Gasteiger partial charge in [0.05, 0.1) is 17.6 Å². The number of aromatic amines is 1. The van der Waals surface area contributed by atoms with Gasteiger partial charge in [0.25, 0.3) is 5.91 Å². The summed E-state index contributed by atoms with van der Waals surface area (Å²) in [6.07, 6.45) is 0. The Morgan fingerprint density at radius 3 is 2.84 bits per heavy atom. The predicted molar refractivity (Wildman–Crippen MR) is 89.6 cm³/mol. The van der Waals surface area contributed by atoms with Gasteiger partial charge in [-0.15, -0.1) is 0 Å². The number of carbonyl (C=O) groups is 2. The molecule has 4 rings (SSSR count). The summed E-state index contributed by atoms with van der Waals surface area (Å²) in [6, 6.07) is 12.3. The number of anilines is 1. The van der Waals surface area contributed by atoms with Crippen LogP contribution in [-0.4, -0.2) is 35.1 Å². The van der Waals surface area contributed by atoms with Crippen LogP contribution in [0.3, 0.4) is 0 Å². The van der Waals surface area contributed by atoms with E-state index in [-0.39, 0.29) is 25.2 Å². The fourth-order valence-corrected chi connectivity index (χ4v) is 2.49. The number of para-hydroxylation sites is 2. The number of rotatable bonds is 4. The number of imidazole rings is 1. The molecule has 2 amide bonds. The maximum Gasteiger partial charge on any atom is 0.251 e. The zero-order valence-electron chi connectivity index (χ0n) is 13.0. The van der Waals surface area contributed by atoms with Gasteiger partial charge in [-0.2, -0.15) is 0 Å². The fraction of sp³-hybridized carbons (Fsp3) is 0.118. The van der Waals surface area contributed by atoms with Crippen molar-refractivity contribution in [1.29, 1.82) is 0 Å². The Morgan fingerprint density at radius 2 is 1.96 bits per heavy atom. The number of nitrogens with one attached hydrogen (secondary N) is 3. The number of carbonyl (C=O) groups excluding carboxylic acids is 2. The molecule has 0 aliphatic carbocycles. The van der Waals surface area contributed by atoms with Gasteiger partial charge in [-0.05, 0) is 30.3 Å². The van der Waals surface area contributed by atoms with Gasteiger partial charge in [0, 0.05) is 5.56 Å². The molecule has 2 heterocycles. The van der Waals surface area contributed by atoms with Gasteiger partial charge in [-0.25, -0.2) is 4.98 Å². The standard InChI is InChI=1S/C17H14N4O4/c22-15(21-17-19-11-3-1-2-4-12(11)20-17)8-18-16(23)10-5-6-13-14(7-10)25-9-24-13/h1-7H,8-9H2,(H,18,23)(H2,19,20,21,22). The van der Waals surface area contributed by atoms with Crippen molar-refractivity contribution >= 4 is 28.8 Å². The van der Waals surface area contributed by atoms with E-state index in [1.807, 2.05) is 24.3 Å². The highest BCUT2D eigenvalue weighted by atomic mass is 16.7. The molecule has 3 N–H and O–H groups in total. The minimum absolute atomic E-state index is 0.139. The zero-order chi connectivity index (χ0) is 17.2. The van der Waals surface area contributed by atoms with Gasteiger partial charge in [-0.3, -0.25) is 14.9 Å². The van der Waals surface area contributed by atoms with Crippen molar-refractivity contribution in [3.8, 4) is 11.5 Å². The minimum Gasteiger partial charge on any atom is -0.454 e. The first-order chi connectivity index (χ1) is 12.2. The van der Waals surface area contributed by atoms with Crippen LogP contribution in [0, 0.1) is 0 Å². The molecule has 1 aliphatic rings. The van der Waals surface area contributed by atoms with Gasteiger partial charge in [0.15, 0.2) is 11.5 Å². The Kier molecular flexibility index (Phi) is 3.70. The average molecular weight is 338 g/mol. The molecule has 0 saturated carbocycles. The number of hydrogen-bond acceptors (Lipinski definition) is 5. The molecule has 0 spiro atoms. The van der Waals surface area contributed by atoms with E-state index < -0.39 is 0 Å². The maximum absolute atomic E-state index is 12.1. The lowest BCUT2D eigenvalue weighted by molar-refractivity contribution is -0.115. The fourth-order valence-electron chi connectivity index (χ4n) is 2.49. The van der Waals surface area contributed by atoms with Crippen LogP contribution in [0.1, 0.15) is 10.4 Å². The van der Waals surface area contributed by atoms with E-state index in [0.717, 1.165) is 11.0 Å². The molecule has 8 heteroatoms. The number of fused-ring (bicyclic) bond motifs is 2. The quantitative estimate of drug-likeness (QED) is 0.671. The Bertz CT molecular complexity index is 933. The van der Waals surface area contributed by atoms with E-state index in [2.05, 4.69) is 20.6 Å². The number of hydrogen-bond donors (Lipinski definition) is 3. The lowest BCUT2D eigenvalue weighted by Gasteiger charge is -2.06. The third-order valence-corrected chi connectivity index (χ3v) is 3.69. The largest absolute Gasteiger partial charge is 0.454 e. The van der Waals surface area contributed by atoms with Gasteiger partial charge < -0.3 is 19.8 Å². The third-order valence-electron chi connectivity index (χ3n) is 3.69. The second kappa shape index (κ2) is 6.16. The van der Waals surface area contributed by atoms with E-state index in [0.29, 0.717) is 23.0 Å². The van der Waals surface area contributed by atoms with E-state index >= 15 is 0 Å². The summed E-state index contributed by atoms with van der Waals surface area (Å²) in [5, 5.41) is 5.17. The van der Waals surface area contributed by atoms with Crippen molar-refractivity contribution in [2.75, 3.05) is 18.7 Å². The summed E-state index contributed by atoms with van der Waals surface area (Å²) >= 11 is 0. The van der Waals surface area contributed by atoms with E-state index in [1.165, 1.54) is 0 Å². The molecule has 0 unspecified atom stereocenters. The molecule has 8 nitrogen and oxygen atoms in total. The van der Waals surface area contributed by atoms with Crippen LogP contribution in [0.15, 0.2) is 42.5 Å². The lowest BCUT2D eigenvalue weighted by atomic mass is 10.2. The van der Waals surface area contributed by atoms with Crippen LogP contribution in [0.4, 0.5) is 5.95 Å². The molecule has 0 bridgehead atoms. The third kappa shape index (κ3) is 3.09. The van der Waals surface area contributed by atoms with Gasteiger partial charge >= 0.3 is 0 Å². The highest BCUT2D eigenvalue weighted by molar-refractivity contribution is 5.99. The first-order valence-corrected chi connectivity index (χ1v) is 7.61. The molecule has 126 valence electrons. The molecule has 0 fully saturated rings. The number of H-pyrrole nitrogens is 1. The Morgan fingerprint density at radius 1 is 1.12 bits per heavy atom. The number of amides is 2. The molecule has 1 aromatic heterocycles. The van der Waals surface area contributed by atoms with Crippen molar-refractivity contribution < 1.29 is 19.1 Å². The van der Waals surface area contributed by atoms with Crippen LogP contribution in [0.5, 0.6) is 11.5 Å². The average Bonchev–Trinajstić information content (AvgIpc) is 3.24. The molecule has 2 aromatic carbocycles. The predicted octanol–water partition coefficient (Wildman–Crippen LogP) is 1.66. The van der Waals surface area contributed by atoms with Crippen molar-refractivity contribution in [3.63, 3.8) is 0 Å². The molecular formula is C17H14N4O4. The summed E-state index contributed by atoms with van der Waals surface area (Å²) in [7, 11) is 0. The van der Waals surface area contributed by atoms with E-state index in [9.17, 15) is 9.59 Å². The van der Waals surface area contributed by atoms with Crippen LogP contribution in [0.25, 0.3) is 11.0 Å². The highest BCUT2D eigenvalue weighted by Gasteiger charge is 2.16. The molecule has 25 heavy (non-hydrogen) atoms. The summed E-state index contributed by atoms with van der Waals surface area (Å²) in [6.45, 7) is -0.0371. The first kappa shape index (κ1) is 15.0. The second-order valence-electron chi connectivity index (χ2n) is 5.40. The van der Waals surface area contributed by atoms with E-state index in [1.54, 1.807) is 18.2 Å². The van der Waals surface area contributed by atoms with Crippen LogP contribution in [-0.2, 0) is 4.79 Å². The summed E-state index contributed by atoms with van der Waals surface area (Å²) in [5.41, 5.74) is 1.96. The van der Waals surface area contributed by atoms with Crippen molar-refractivity contribution in [3.05, 3.63) is 48.0 Å². The number of nitrogens with zero attached hydrogens (tertiary/aromatic N) is 1. The van der Waals surface area contributed by atoms with Crippen LogP contribution < -0.4 is 20.1 Å². The molecule has 0 atom stereocenters. The number of benzene rings is 2. The topological polar surface area (TPSA) is 105 Å². The number of ether oxygens (including phenoxy) is 2. The van der Waals surface area contributed by atoms with Crippen molar-refractivity contribution in [1.82, 2.24) is 15.3 Å². The molecule has 3 aromatic rings. The molecule has 0 radical (unpaired) electrons. The smallest absolute Gasteiger partial charge is 0.251 e.